The molecular weight excluding hydrogens is 487 g/mol. The van der Waals surface area contributed by atoms with E-state index in [1.54, 1.807) is 39.2 Å². The molecular formula is C26H36F3N5O3. The van der Waals surface area contributed by atoms with E-state index in [0.29, 0.717) is 23.8 Å². The van der Waals surface area contributed by atoms with E-state index in [4.69, 9.17) is 14.2 Å². The van der Waals surface area contributed by atoms with Crippen LogP contribution in [0.3, 0.4) is 0 Å². The van der Waals surface area contributed by atoms with Crippen LogP contribution in [0.25, 0.3) is 16.5 Å². The van der Waals surface area contributed by atoms with Crippen molar-refractivity contribution < 1.29 is 27.4 Å². The number of aromatic amines is 1. The Morgan fingerprint density at radius 1 is 1.27 bits per heavy atom. The molecule has 11 heteroatoms. The van der Waals surface area contributed by atoms with E-state index >= 15 is 0 Å². The van der Waals surface area contributed by atoms with Crippen molar-refractivity contribution in [3.8, 4) is 0 Å². The SMILES string of the molecule is C=C(/C(OCC(F)(F)F)=C(C)/N=C(/OC1CCN(CCOC)CC1)N(C)C)c1c(C)ccc2[nH]ncc12. The number of aromatic nitrogens is 2. The summed E-state index contributed by atoms with van der Waals surface area (Å²) in [6, 6.07) is 4.01. The molecule has 0 atom stereocenters. The molecule has 204 valence electrons. The monoisotopic (exact) mass is 523 g/mol. The Bertz CT molecular complexity index is 1130. The highest BCUT2D eigenvalue weighted by Gasteiger charge is 2.30. The minimum atomic E-state index is -4.52. The van der Waals surface area contributed by atoms with Crippen molar-refractivity contribution in [2.45, 2.75) is 39.0 Å². The third kappa shape index (κ3) is 7.72. The topological polar surface area (TPSA) is 75.2 Å². The summed E-state index contributed by atoms with van der Waals surface area (Å²) in [6.45, 7) is 9.38. The Morgan fingerprint density at radius 3 is 2.59 bits per heavy atom. The van der Waals surface area contributed by atoms with Crippen molar-refractivity contribution in [2.24, 2.45) is 4.99 Å². The van der Waals surface area contributed by atoms with Crippen molar-refractivity contribution in [3.63, 3.8) is 0 Å². The van der Waals surface area contributed by atoms with E-state index in [0.717, 1.165) is 48.9 Å². The van der Waals surface area contributed by atoms with E-state index in [1.165, 1.54) is 0 Å². The van der Waals surface area contributed by atoms with Gasteiger partial charge in [-0.15, -0.1) is 0 Å². The smallest absolute Gasteiger partial charge is 0.422 e. The second-order valence-electron chi connectivity index (χ2n) is 9.33. The summed E-state index contributed by atoms with van der Waals surface area (Å²) in [5, 5.41) is 7.68. The van der Waals surface area contributed by atoms with Gasteiger partial charge in [0.1, 0.15) is 11.9 Å². The average molecular weight is 524 g/mol. The number of fused-ring (bicyclic) bond motifs is 1. The van der Waals surface area contributed by atoms with Crippen LogP contribution in [0.5, 0.6) is 0 Å². The molecule has 8 nitrogen and oxygen atoms in total. The summed E-state index contributed by atoms with van der Waals surface area (Å²) in [6.07, 6.45) is -1.34. The number of hydrogen-bond acceptors (Lipinski definition) is 6. The maximum atomic E-state index is 13.2. The van der Waals surface area contributed by atoms with Gasteiger partial charge in [-0.25, -0.2) is 0 Å². The molecule has 0 aliphatic carbocycles. The fraction of sp³-hybridized carbons (Fsp3) is 0.538. The van der Waals surface area contributed by atoms with E-state index in [2.05, 4.69) is 26.7 Å². The van der Waals surface area contributed by atoms with Crippen LogP contribution in [0.4, 0.5) is 13.2 Å². The van der Waals surface area contributed by atoms with E-state index < -0.39 is 12.8 Å². The van der Waals surface area contributed by atoms with Crippen LogP contribution in [0.1, 0.15) is 30.9 Å². The molecule has 1 N–H and O–H groups in total. The third-order valence-corrected chi connectivity index (χ3v) is 6.18. The van der Waals surface area contributed by atoms with Gasteiger partial charge in [-0.3, -0.25) is 5.10 Å². The van der Waals surface area contributed by atoms with Crippen molar-refractivity contribution in [2.75, 3.05) is 54.1 Å². The number of halogens is 3. The summed E-state index contributed by atoms with van der Waals surface area (Å²) in [5.74, 6) is -0.0496. The normalized spacial score (nSPS) is 16.6. The molecule has 2 aromatic rings. The van der Waals surface area contributed by atoms with E-state index in [9.17, 15) is 13.2 Å². The summed E-state index contributed by atoms with van der Waals surface area (Å²) in [7, 11) is 5.24. The largest absolute Gasteiger partial charge is 0.482 e. The molecule has 1 aromatic carbocycles. The van der Waals surface area contributed by atoms with Gasteiger partial charge in [0.25, 0.3) is 6.02 Å². The molecule has 0 saturated carbocycles. The first-order valence-corrected chi connectivity index (χ1v) is 12.2. The second kappa shape index (κ2) is 12.5. The van der Waals surface area contributed by atoms with Gasteiger partial charge < -0.3 is 24.0 Å². The number of methoxy groups -OCH3 is 1. The predicted octanol–water partition coefficient (Wildman–Crippen LogP) is 4.74. The number of ether oxygens (including phenoxy) is 3. The molecule has 1 aromatic heterocycles. The van der Waals surface area contributed by atoms with Crippen LogP contribution in [-0.4, -0.2) is 92.4 Å². The van der Waals surface area contributed by atoms with E-state index in [1.807, 2.05) is 19.1 Å². The highest BCUT2D eigenvalue weighted by atomic mass is 19.4. The van der Waals surface area contributed by atoms with Gasteiger partial charge in [0, 0.05) is 51.8 Å². The summed E-state index contributed by atoms with van der Waals surface area (Å²) in [4.78, 5) is 8.59. The Hall–Kier alpha value is -3.05. The summed E-state index contributed by atoms with van der Waals surface area (Å²) >= 11 is 0. The lowest BCUT2D eigenvalue weighted by Crippen LogP contribution is -2.41. The lowest BCUT2D eigenvalue weighted by atomic mass is 9.96. The highest BCUT2D eigenvalue weighted by molar-refractivity contribution is 5.96. The Labute approximate surface area is 215 Å². The number of aryl methyl sites for hydroxylation is 1. The quantitative estimate of drug-likeness (QED) is 0.222. The lowest BCUT2D eigenvalue weighted by molar-refractivity contribution is -0.163. The number of nitrogens with one attached hydrogen (secondary N) is 1. The number of rotatable bonds is 9. The van der Waals surface area contributed by atoms with Crippen LogP contribution in [0, 0.1) is 6.92 Å². The molecule has 0 radical (unpaired) electrons. The molecule has 1 saturated heterocycles. The number of amidine groups is 1. The van der Waals surface area contributed by atoms with Gasteiger partial charge >= 0.3 is 6.18 Å². The Balaban J connectivity index is 1.91. The van der Waals surface area contributed by atoms with Crippen molar-refractivity contribution in [3.05, 3.63) is 47.5 Å². The van der Waals surface area contributed by atoms with Crippen LogP contribution in [0.15, 0.2) is 41.4 Å². The Kier molecular flexibility index (Phi) is 9.61. The van der Waals surface area contributed by atoms with Crippen molar-refractivity contribution >= 4 is 22.5 Å². The molecule has 1 aliphatic heterocycles. The average Bonchev–Trinajstić information content (AvgIpc) is 3.31. The first-order chi connectivity index (χ1) is 17.5. The molecule has 37 heavy (non-hydrogen) atoms. The number of benzene rings is 1. The number of piperidine rings is 1. The molecule has 0 unspecified atom stereocenters. The second-order valence-corrected chi connectivity index (χ2v) is 9.33. The van der Waals surface area contributed by atoms with Gasteiger partial charge in [0.05, 0.1) is 24.0 Å². The lowest BCUT2D eigenvalue weighted by Gasteiger charge is -2.33. The molecule has 0 spiro atoms. The van der Waals surface area contributed by atoms with Gasteiger partial charge in [-0.2, -0.15) is 23.3 Å². The predicted molar refractivity (Wildman–Crippen MR) is 138 cm³/mol. The minimum Gasteiger partial charge on any atom is -0.482 e. The first kappa shape index (κ1) is 28.5. The van der Waals surface area contributed by atoms with Gasteiger partial charge in [0.15, 0.2) is 6.61 Å². The minimum absolute atomic E-state index is 0.0496. The first-order valence-electron chi connectivity index (χ1n) is 12.2. The zero-order chi connectivity index (χ0) is 27.2. The van der Waals surface area contributed by atoms with Gasteiger partial charge in [-0.1, -0.05) is 12.6 Å². The number of allylic oxidation sites excluding steroid dienone is 2. The van der Waals surface area contributed by atoms with Crippen LogP contribution in [0.2, 0.25) is 0 Å². The summed E-state index contributed by atoms with van der Waals surface area (Å²) < 4.78 is 56.2. The van der Waals surface area contributed by atoms with Crippen LogP contribution in [-0.2, 0) is 14.2 Å². The van der Waals surface area contributed by atoms with Crippen molar-refractivity contribution in [1.82, 2.24) is 20.0 Å². The number of aliphatic imine (C=N–C) groups is 1. The molecule has 3 rings (SSSR count). The number of nitrogens with zero attached hydrogens (tertiary/aromatic N) is 4. The number of H-pyrrole nitrogens is 1. The maximum absolute atomic E-state index is 13.2. The number of alkyl halides is 3. The fourth-order valence-electron chi connectivity index (χ4n) is 4.25. The zero-order valence-corrected chi connectivity index (χ0v) is 22.1. The van der Waals surface area contributed by atoms with Crippen LogP contribution >= 0.6 is 0 Å². The summed E-state index contributed by atoms with van der Waals surface area (Å²) in [5.41, 5.74) is 2.74. The number of hydrogen-bond donors (Lipinski definition) is 1. The zero-order valence-electron chi connectivity index (χ0n) is 22.1. The molecule has 0 amide bonds. The van der Waals surface area contributed by atoms with E-state index in [-0.39, 0.29) is 17.6 Å². The molecule has 1 aliphatic rings. The molecule has 1 fully saturated rings. The van der Waals surface area contributed by atoms with Gasteiger partial charge in [0.2, 0.25) is 0 Å². The molecule has 2 heterocycles. The van der Waals surface area contributed by atoms with Crippen molar-refractivity contribution in [1.29, 1.82) is 0 Å². The van der Waals surface area contributed by atoms with Crippen LogP contribution < -0.4 is 0 Å². The fourth-order valence-corrected chi connectivity index (χ4v) is 4.25. The third-order valence-electron chi connectivity index (χ3n) is 6.18. The standard InChI is InChI=1S/C26H36F3N5O3/c1-17-7-8-22-21(15-30-32-22)23(17)18(2)24(36-16-26(27,28)29)19(3)31-25(33(4)5)37-20-9-11-34(12-10-20)13-14-35-6/h7-8,15,20H,2,9-14,16H2,1,3-6H3,(H,30,32)/b24-19-,31-25+. The highest BCUT2D eigenvalue weighted by Crippen LogP contribution is 2.34. The Morgan fingerprint density at radius 2 is 1.97 bits per heavy atom. The molecule has 0 bridgehead atoms. The number of likely N-dealkylation sites (tertiary alicyclic amines) is 1. The van der Waals surface area contributed by atoms with Gasteiger partial charge in [-0.05, 0) is 43.9 Å². The maximum Gasteiger partial charge on any atom is 0.422 e.